The summed E-state index contributed by atoms with van der Waals surface area (Å²) in [6.07, 6.45) is 7.98. The molecule has 1 aromatic carbocycles. The van der Waals surface area contributed by atoms with E-state index in [4.69, 9.17) is 0 Å². The summed E-state index contributed by atoms with van der Waals surface area (Å²) < 4.78 is 0. The molecule has 0 saturated carbocycles. The smallest absolute Gasteiger partial charge is 0.0461 e. The minimum absolute atomic E-state index is 0.934. The number of hydrogen-bond acceptors (Lipinski definition) is 1. The summed E-state index contributed by atoms with van der Waals surface area (Å²) in [7, 11) is 0. The van der Waals surface area contributed by atoms with E-state index in [1.165, 1.54) is 22.3 Å². The van der Waals surface area contributed by atoms with Crippen molar-refractivity contribution in [3.63, 3.8) is 0 Å². The molecule has 1 aliphatic heterocycles. The molecule has 1 nitrogen and oxygen atoms in total. The van der Waals surface area contributed by atoms with Crippen LogP contribution in [0.3, 0.4) is 0 Å². The van der Waals surface area contributed by atoms with Gasteiger partial charge in [0.05, 0.1) is 0 Å². The van der Waals surface area contributed by atoms with E-state index in [-0.39, 0.29) is 0 Å². The first-order chi connectivity index (χ1) is 9.50. The number of nitrogens with zero attached hydrogens (tertiary/aromatic N) is 1. The monoisotopic (exact) mass is 263 g/mol. The molecule has 0 fully saturated rings. The Morgan fingerprint density at radius 1 is 1.15 bits per heavy atom. The van der Waals surface area contributed by atoms with E-state index in [0.717, 1.165) is 11.4 Å². The highest BCUT2D eigenvalue weighted by atomic mass is 15.1. The van der Waals surface area contributed by atoms with Gasteiger partial charge in [-0.15, -0.1) is 0 Å². The van der Waals surface area contributed by atoms with Crippen LogP contribution in [-0.2, 0) is 0 Å². The fourth-order valence-electron chi connectivity index (χ4n) is 2.41. The first-order valence-corrected chi connectivity index (χ1v) is 6.77. The van der Waals surface area contributed by atoms with Gasteiger partial charge in [-0.05, 0) is 38.5 Å². The standard InChI is InChI=1S/C19H21N/c1-14(2)19(18-11-8-9-15(3)13-18)17(5)20-12-7-6-10-16(20)4/h6-13H,4-5H2,1-3H3. The van der Waals surface area contributed by atoms with Crippen LogP contribution in [0.4, 0.5) is 0 Å². The molecule has 0 N–H and O–H groups in total. The van der Waals surface area contributed by atoms with Crippen molar-refractivity contribution in [3.05, 3.63) is 89.9 Å². The lowest BCUT2D eigenvalue weighted by Gasteiger charge is -2.27. The fourth-order valence-corrected chi connectivity index (χ4v) is 2.41. The van der Waals surface area contributed by atoms with Crippen LogP contribution in [-0.4, -0.2) is 4.90 Å². The molecule has 1 aromatic rings. The molecule has 1 heteroatoms. The van der Waals surface area contributed by atoms with E-state index in [1.807, 2.05) is 29.3 Å². The van der Waals surface area contributed by atoms with Gasteiger partial charge in [-0.3, -0.25) is 0 Å². The maximum atomic E-state index is 4.28. The first kappa shape index (κ1) is 14.1. The van der Waals surface area contributed by atoms with Crippen molar-refractivity contribution in [1.82, 2.24) is 4.90 Å². The largest absolute Gasteiger partial charge is 0.318 e. The number of rotatable bonds is 3. The predicted octanol–water partition coefficient (Wildman–Crippen LogP) is 5.20. The molecule has 0 spiro atoms. The second kappa shape index (κ2) is 5.79. The molecule has 0 bridgehead atoms. The van der Waals surface area contributed by atoms with Gasteiger partial charge < -0.3 is 4.90 Å². The normalized spacial score (nSPS) is 13.6. The average molecular weight is 263 g/mol. The molecule has 0 aromatic heterocycles. The molecule has 0 radical (unpaired) electrons. The molecular weight excluding hydrogens is 242 g/mol. The van der Waals surface area contributed by atoms with Gasteiger partial charge >= 0.3 is 0 Å². The third-order valence-corrected chi connectivity index (χ3v) is 3.33. The first-order valence-electron chi connectivity index (χ1n) is 6.77. The number of benzene rings is 1. The van der Waals surface area contributed by atoms with Gasteiger partial charge in [0, 0.05) is 23.2 Å². The Hall–Kier alpha value is -2.28. The van der Waals surface area contributed by atoms with E-state index in [9.17, 15) is 0 Å². The van der Waals surface area contributed by atoms with Crippen molar-refractivity contribution in [2.45, 2.75) is 20.8 Å². The van der Waals surface area contributed by atoms with Crippen molar-refractivity contribution >= 4 is 5.57 Å². The maximum absolute atomic E-state index is 4.28. The number of allylic oxidation sites excluding steroid dienone is 5. The zero-order chi connectivity index (χ0) is 14.7. The van der Waals surface area contributed by atoms with Gasteiger partial charge in [-0.25, -0.2) is 0 Å². The highest BCUT2D eigenvalue weighted by Crippen LogP contribution is 2.31. The topological polar surface area (TPSA) is 3.24 Å². The van der Waals surface area contributed by atoms with Gasteiger partial charge in [0.1, 0.15) is 0 Å². The molecular formula is C19H21N. The summed E-state index contributed by atoms with van der Waals surface area (Å²) >= 11 is 0. The fraction of sp³-hybridized carbons (Fsp3) is 0.158. The molecule has 2 rings (SSSR count). The molecule has 102 valence electrons. The van der Waals surface area contributed by atoms with Crippen LogP contribution >= 0.6 is 0 Å². The Bertz CT molecular complexity index is 637. The maximum Gasteiger partial charge on any atom is 0.0461 e. The highest BCUT2D eigenvalue weighted by molar-refractivity contribution is 5.81. The summed E-state index contributed by atoms with van der Waals surface area (Å²) in [6, 6.07) is 8.52. The number of aryl methyl sites for hydroxylation is 1. The minimum Gasteiger partial charge on any atom is -0.318 e. The Morgan fingerprint density at radius 2 is 1.90 bits per heavy atom. The lowest BCUT2D eigenvalue weighted by atomic mass is 9.96. The summed E-state index contributed by atoms with van der Waals surface area (Å²) in [5.74, 6) is 0. The number of hydrogen-bond donors (Lipinski definition) is 0. The van der Waals surface area contributed by atoms with E-state index in [1.54, 1.807) is 0 Å². The molecule has 20 heavy (non-hydrogen) atoms. The molecule has 1 heterocycles. The van der Waals surface area contributed by atoms with Crippen molar-refractivity contribution in [2.75, 3.05) is 0 Å². The van der Waals surface area contributed by atoms with E-state index >= 15 is 0 Å². The Kier molecular flexibility index (Phi) is 4.09. The molecule has 0 aliphatic carbocycles. The molecule has 0 amide bonds. The average Bonchev–Trinajstić information content (AvgIpc) is 2.39. The third kappa shape index (κ3) is 2.83. The zero-order valence-corrected chi connectivity index (χ0v) is 12.5. The van der Waals surface area contributed by atoms with Gasteiger partial charge in [0.25, 0.3) is 0 Å². The van der Waals surface area contributed by atoms with Crippen molar-refractivity contribution < 1.29 is 0 Å². The van der Waals surface area contributed by atoms with Crippen molar-refractivity contribution in [1.29, 1.82) is 0 Å². The predicted molar refractivity (Wildman–Crippen MR) is 87.8 cm³/mol. The quantitative estimate of drug-likeness (QED) is 0.677. The highest BCUT2D eigenvalue weighted by Gasteiger charge is 2.15. The van der Waals surface area contributed by atoms with Gasteiger partial charge in [0.15, 0.2) is 0 Å². The second-order valence-electron chi connectivity index (χ2n) is 5.25. The third-order valence-electron chi connectivity index (χ3n) is 3.33. The van der Waals surface area contributed by atoms with Crippen molar-refractivity contribution in [2.24, 2.45) is 0 Å². The summed E-state index contributed by atoms with van der Waals surface area (Å²) in [4.78, 5) is 2.03. The van der Waals surface area contributed by atoms with Gasteiger partial charge in [0.2, 0.25) is 0 Å². The molecule has 1 aliphatic rings. The van der Waals surface area contributed by atoms with Crippen molar-refractivity contribution in [3.8, 4) is 0 Å². The Morgan fingerprint density at radius 3 is 2.50 bits per heavy atom. The minimum atomic E-state index is 0.934. The SMILES string of the molecule is C=C1C=CC=CN1C(=C)C(=C(C)C)c1cccc(C)c1. The zero-order valence-electron chi connectivity index (χ0n) is 12.5. The van der Waals surface area contributed by atoms with Crippen LogP contribution in [0, 0.1) is 6.92 Å². The summed E-state index contributed by atoms with van der Waals surface area (Å²) in [6.45, 7) is 14.7. The molecule has 0 atom stereocenters. The second-order valence-corrected chi connectivity index (χ2v) is 5.25. The lowest BCUT2D eigenvalue weighted by Crippen LogP contribution is -2.16. The van der Waals surface area contributed by atoms with E-state index in [2.05, 4.69) is 58.2 Å². The lowest BCUT2D eigenvalue weighted by molar-refractivity contribution is 0.618. The van der Waals surface area contributed by atoms with Crippen LogP contribution in [0.5, 0.6) is 0 Å². The van der Waals surface area contributed by atoms with Gasteiger partial charge in [-0.2, -0.15) is 0 Å². The van der Waals surface area contributed by atoms with Crippen LogP contribution in [0.1, 0.15) is 25.0 Å². The summed E-state index contributed by atoms with van der Waals surface area (Å²) in [5, 5.41) is 0. The van der Waals surface area contributed by atoms with Crippen LogP contribution in [0.2, 0.25) is 0 Å². The molecule has 0 unspecified atom stereocenters. The van der Waals surface area contributed by atoms with Crippen LogP contribution in [0.25, 0.3) is 5.57 Å². The van der Waals surface area contributed by atoms with E-state index < -0.39 is 0 Å². The summed E-state index contributed by atoms with van der Waals surface area (Å²) in [5.41, 5.74) is 6.77. The Balaban J connectivity index is 2.43. The molecule has 0 saturated heterocycles. The van der Waals surface area contributed by atoms with Crippen LogP contribution < -0.4 is 0 Å². The van der Waals surface area contributed by atoms with E-state index in [0.29, 0.717) is 0 Å². The van der Waals surface area contributed by atoms with Crippen LogP contribution in [0.15, 0.2) is 78.8 Å². The Labute approximate surface area is 121 Å². The van der Waals surface area contributed by atoms with Gasteiger partial charge in [-0.1, -0.05) is 54.6 Å².